The predicted octanol–water partition coefficient (Wildman–Crippen LogP) is 3.94. The standard InChI is InChI=1S/C24H21NO4/c25-19-13-11-16-12-14-21(28-23(26)17-7-3-1-4-8-17)22(20(16)15-19)29-24(27)18-9-5-2-6-10-18/h1-10,12,14,19H,11,13,15,25H2. The number of carbonyl (C=O) groups excluding carboxylic acids is 2. The molecule has 4 rings (SSSR count). The highest BCUT2D eigenvalue weighted by molar-refractivity contribution is 5.93. The number of carbonyl (C=O) groups is 2. The van der Waals surface area contributed by atoms with Gasteiger partial charge in [-0.05, 0) is 55.2 Å². The lowest BCUT2D eigenvalue weighted by molar-refractivity contribution is 0.0680. The molecular weight excluding hydrogens is 366 g/mol. The van der Waals surface area contributed by atoms with Crippen molar-refractivity contribution in [2.24, 2.45) is 5.73 Å². The normalized spacial score (nSPS) is 15.3. The van der Waals surface area contributed by atoms with Crippen molar-refractivity contribution in [3.63, 3.8) is 0 Å². The van der Waals surface area contributed by atoms with E-state index >= 15 is 0 Å². The molecular formula is C24H21NO4. The van der Waals surface area contributed by atoms with E-state index in [0.29, 0.717) is 17.5 Å². The Kier molecular flexibility index (Phi) is 5.40. The van der Waals surface area contributed by atoms with Crippen LogP contribution in [0, 0.1) is 0 Å². The van der Waals surface area contributed by atoms with Crippen molar-refractivity contribution in [1.82, 2.24) is 0 Å². The molecule has 0 aromatic heterocycles. The first-order valence-electron chi connectivity index (χ1n) is 9.56. The van der Waals surface area contributed by atoms with Gasteiger partial charge in [-0.25, -0.2) is 9.59 Å². The molecule has 1 atom stereocenters. The zero-order chi connectivity index (χ0) is 20.2. The summed E-state index contributed by atoms with van der Waals surface area (Å²) in [5, 5.41) is 0. The molecule has 0 amide bonds. The Hall–Kier alpha value is -3.44. The van der Waals surface area contributed by atoms with E-state index in [1.54, 1.807) is 54.6 Å². The van der Waals surface area contributed by atoms with Crippen LogP contribution in [0.5, 0.6) is 11.5 Å². The van der Waals surface area contributed by atoms with E-state index in [2.05, 4.69) is 0 Å². The molecule has 0 radical (unpaired) electrons. The van der Waals surface area contributed by atoms with Gasteiger partial charge in [0, 0.05) is 11.6 Å². The first kappa shape index (κ1) is 18.9. The number of hydrogen-bond acceptors (Lipinski definition) is 5. The quantitative estimate of drug-likeness (QED) is 0.542. The molecule has 0 bridgehead atoms. The van der Waals surface area contributed by atoms with Crippen LogP contribution < -0.4 is 15.2 Å². The average molecular weight is 387 g/mol. The number of nitrogens with two attached hydrogens (primary N) is 1. The summed E-state index contributed by atoms with van der Waals surface area (Å²) in [6.07, 6.45) is 2.21. The third-order valence-electron chi connectivity index (χ3n) is 4.99. The van der Waals surface area contributed by atoms with E-state index in [1.807, 2.05) is 18.2 Å². The Morgan fingerprint density at radius 3 is 2.00 bits per heavy atom. The van der Waals surface area contributed by atoms with Gasteiger partial charge in [0.1, 0.15) is 0 Å². The minimum absolute atomic E-state index is 0.0308. The minimum atomic E-state index is -0.511. The molecule has 29 heavy (non-hydrogen) atoms. The number of rotatable bonds is 4. The van der Waals surface area contributed by atoms with E-state index in [-0.39, 0.29) is 17.5 Å². The highest BCUT2D eigenvalue weighted by Gasteiger charge is 2.26. The lowest BCUT2D eigenvalue weighted by Gasteiger charge is -2.25. The van der Waals surface area contributed by atoms with Crippen molar-refractivity contribution in [3.8, 4) is 11.5 Å². The van der Waals surface area contributed by atoms with Crippen molar-refractivity contribution < 1.29 is 19.1 Å². The molecule has 0 spiro atoms. The van der Waals surface area contributed by atoms with Gasteiger partial charge in [0.25, 0.3) is 0 Å². The molecule has 0 saturated heterocycles. The van der Waals surface area contributed by atoms with Gasteiger partial charge in [0.05, 0.1) is 11.1 Å². The topological polar surface area (TPSA) is 78.6 Å². The second-order valence-electron chi connectivity index (χ2n) is 7.04. The van der Waals surface area contributed by atoms with E-state index in [0.717, 1.165) is 24.0 Å². The second kappa shape index (κ2) is 8.29. The van der Waals surface area contributed by atoms with Crippen LogP contribution >= 0.6 is 0 Å². The molecule has 5 heteroatoms. The largest absolute Gasteiger partial charge is 0.419 e. The van der Waals surface area contributed by atoms with Gasteiger partial charge < -0.3 is 15.2 Å². The monoisotopic (exact) mass is 387 g/mol. The van der Waals surface area contributed by atoms with Crippen molar-refractivity contribution in [2.75, 3.05) is 0 Å². The Morgan fingerprint density at radius 2 is 1.38 bits per heavy atom. The van der Waals surface area contributed by atoms with Gasteiger partial charge in [-0.15, -0.1) is 0 Å². The van der Waals surface area contributed by atoms with Crippen LogP contribution in [0.2, 0.25) is 0 Å². The first-order chi connectivity index (χ1) is 14.1. The number of hydrogen-bond donors (Lipinski definition) is 1. The van der Waals surface area contributed by atoms with Crippen molar-refractivity contribution in [1.29, 1.82) is 0 Å². The fourth-order valence-electron chi connectivity index (χ4n) is 3.46. The zero-order valence-corrected chi connectivity index (χ0v) is 15.8. The van der Waals surface area contributed by atoms with Crippen molar-refractivity contribution in [2.45, 2.75) is 25.3 Å². The Balaban J connectivity index is 1.70. The second-order valence-corrected chi connectivity index (χ2v) is 7.04. The average Bonchev–Trinajstić information content (AvgIpc) is 2.76. The number of fused-ring (bicyclic) bond motifs is 1. The van der Waals surface area contributed by atoms with E-state index < -0.39 is 11.9 Å². The van der Waals surface area contributed by atoms with Crippen LogP contribution in [0.25, 0.3) is 0 Å². The summed E-state index contributed by atoms with van der Waals surface area (Å²) in [4.78, 5) is 25.3. The van der Waals surface area contributed by atoms with Gasteiger partial charge in [-0.3, -0.25) is 0 Å². The van der Waals surface area contributed by atoms with Crippen LogP contribution in [0.3, 0.4) is 0 Å². The van der Waals surface area contributed by atoms with Gasteiger partial charge in [0.2, 0.25) is 0 Å². The van der Waals surface area contributed by atoms with Crippen LogP contribution in [0.4, 0.5) is 0 Å². The maximum Gasteiger partial charge on any atom is 0.343 e. The van der Waals surface area contributed by atoms with Crippen molar-refractivity contribution in [3.05, 3.63) is 95.1 Å². The Labute approximate surface area is 169 Å². The highest BCUT2D eigenvalue weighted by Crippen LogP contribution is 2.38. The van der Waals surface area contributed by atoms with E-state index in [9.17, 15) is 9.59 Å². The molecule has 0 aliphatic heterocycles. The van der Waals surface area contributed by atoms with Crippen LogP contribution in [-0.4, -0.2) is 18.0 Å². The van der Waals surface area contributed by atoms with Gasteiger partial charge >= 0.3 is 11.9 Å². The maximum atomic E-state index is 12.7. The van der Waals surface area contributed by atoms with Gasteiger partial charge in [-0.1, -0.05) is 42.5 Å². The lowest BCUT2D eigenvalue weighted by atomic mass is 9.88. The fourth-order valence-corrected chi connectivity index (χ4v) is 3.46. The molecule has 0 heterocycles. The van der Waals surface area contributed by atoms with Gasteiger partial charge in [-0.2, -0.15) is 0 Å². The Bertz CT molecular complexity index is 1030. The molecule has 1 unspecified atom stereocenters. The molecule has 1 aliphatic carbocycles. The smallest absolute Gasteiger partial charge is 0.343 e. The first-order valence-corrected chi connectivity index (χ1v) is 9.56. The Morgan fingerprint density at radius 1 is 0.793 bits per heavy atom. The summed E-state index contributed by atoms with van der Waals surface area (Å²) in [5.41, 5.74) is 8.88. The summed E-state index contributed by atoms with van der Waals surface area (Å²) in [5.74, 6) is -0.524. The number of esters is 2. The summed E-state index contributed by atoms with van der Waals surface area (Å²) in [6, 6.07) is 21.0. The molecule has 3 aromatic rings. The SMILES string of the molecule is NC1CCc2ccc(OC(=O)c3ccccc3)c(OC(=O)c3ccccc3)c2C1. The molecule has 146 valence electrons. The summed E-state index contributed by atoms with van der Waals surface area (Å²) < 4.78 is 11.4. The minimum Gasteiger partial charge on any atom is -0.419 e. The molecule has 5 nitrogen and oxygen atoms in total. The van der Waals surface area contributed by atoms with Crippen LogP contribution in [0.15, 0.2) is 72.8 Å². The number of ether oxygens (including phenoxy) is 2. The fraction of sp³-hybridized carbons (Fsp3) is 0.167. The van der Waals surface area contributed by atoms with E-state index in [1.165, 1.54) is 0 Å². The van der Waals surface area contributed by atoms with Gasteiger partial charge in [0.15, 0.2) is 11.5 Å². The van der Waals surface area contributed by atoms with Crippen LogP contribution in [-0.2, 0) is 12.8 Å². The number of benzene rings is 3. The summed E-state index contributed by atoms with van der Waals surface area (Å²) in [6.45, 7) is 0. The molecule has 3 aromatic carbocycles. The molecule has 0 saturated carbocycles. The molecule has 1 aliphatic rings. The zero-order valence-electron chi connectivity index (χ0n) is 15.8. The highest BCUT2D eigenvalue weighted by atomic mass is 16.6. The third-order valence-corrected chi connectivity index (χ3v) is 4.99. The summed E-state index contributed by atoms with van der Waals surface area (Å²) in [7, 11) is 0. The maximum absolute atomic E-state index is 12.7. The van der Waals surface area contributed by atoms with Crippen LogP contribution in [0.1, 0.15) is 38.3 Å². The number of aryl methyl sites for hydroxylation is 1. The van der Waals surface area contributed by atoms with E-state index in [4.69, 9.17) is 15.2 Å². The summed E-state index contributed by atoms with van der Waals surface area (Å²) >= 11 is 0. The third kappa shape index (κ3) is 4.20. The predicted molar refractivity (Wildman–Crippen MR) is 109 cm³/mol. The van der Waals surface area contributed by atoms with Crippen molar-refractivity contribution >= 4 is 11.9 Å². The lowest BCUT2D eigenvalue weighted by Crippen LogP contribution is -2.28. The molecule has 2 N–H and O–H groups in total. The molecule has 0 fully saturated rings.